The van der Waals surface area contributed by atoms with Crippen LogP contribution in [0, 0.1) is 0 Å². The molecule has 0 aliphatic carbocycles. The van der Waals surface area contributed by atoms with Crippen molar-refractivity contribution in [3.05, 3.63) is 29.6 Å². The molecule has 1 aromatic rings. The van der Waals surface area contributed by atoms with E-state index in [1.165, 1.54) is 6.92 Å². The van der Waals surface area contributed by atoms with Crippen molar-refractivity contribution in [1.82, 2.24) is 9.88 Å². The number of sulfone groups is 1. The zero-order chi connectivity index (χ0) is 15.8. The molecule has 0 aromatic carbocycles. The van der Waals surface area contributed by atoms with Gasteiger partial charge in [0.15, 0.2) is 9.84 Å². The van der Waals surface area contributed by atoms with Crippen LogP contribution >= 0.6 is 0 Å². The molecule has 0 radical (unpaired) electrons. The first-order chi connectivity index (χ1) is 9.63. The molecule has 0 N–H and O–H groups in total. The van der Waals surface area contributed by atoms with Crippen LogP contribution in [0.3, 0.4) is 0 Å². The summed E-state index contributed by atoms with van der Waals surface area (Å²) >= 11 is 0. The number of rotatable bonds is 1. The summed E-state index contributed by atoms with van der Waals surface area (Å²) in [5.74, 6) is -1.07. The Morgan fingerprint density at radius 1 is 1.43 bits per heavy atom. The highest BCUT2D eigenvalue weighted by Crippen LogP contribution is 2.32. The molecule has 1 fully saturated rings. The number of pyridine rings is 1. The Morgan fingerprint density at radius 3 is 2.67 bits per heavy atom. The number of nitrogens with zero attached hydrogens (tertiary/aromatic N) is 2. The lowest BCUT2D eigenvalue weighted by atomic mass is 10.1. The van der Waals surface area contributed by atoms with E-state index in [4.69, 9.17) is 0 Å². The summed E-state index contributed by atoms with van der Waals surface area (Å²) < 4.78 is 61.8. The van der Waals surface area contributed by atoms with Crippen LogP contribution in [0.1, 0.15) is 22.8 Å². The SMILES string of the molecule is CC1CN(C(=O)c2ccncc2C(F)(F)F)CCS1(=O)=O. The Bertz CT molecular complexity index is 658. The third kappa shape index (κ3) is 3.17. The standard InChI is InChI=1S/C12H13F3N2O3S/c1-8-7-17(4-5-21(8,19)20)11(18)9-2-3-16-6-10(9)12(13,14)15/h2-3,6,8H,4-5,7H2,1H3. The van der Waals surface area contributed by atoms with Crippen molar-refractivity contribution in [2.24, 2.45) is 0 Å². The van der Waals surface area contributed by atoms with Gasteiger partial charge in [0.1, 0.15) is 0 Å². The van der Waals surface area contributed by atoms with E-state index in [1.54, 1.807) is 0 Å². The molecular formula is C12H13F3N2O3S. The summed E-state index contributed by atoms with van der Waals surface area (Å²) in [6, 6.07) is 0.999. The zero-order valence-electron chi connectivity index (χ0n) is 11.1. The fraction of sp³-hybridized carbons (Fsp3) is 0.500. The molecule has 0 saturated carbocycles. The van der Waals surface area contributed by atoms with Crippen LogP contribution in [0.15, 0.2) is 18.5 Å². The first-order valence-corrected chi connectivity index (χ1v) is 7.86. The lowest BCUT2D eigenvalue weighted by Crippen LogP contribution is -2.48. The predicted molar refractivity (Wildman–Crippen MR) is 68.4 cm³/mol. The Hall–Kier alpha value is -1.64. The van der Waals surface area contributed by atoms with Crippen LogP contribution in [-0.2, 0) is 16.0 Å². The molecule has 21 heavy (non-hydrogen) atoms. The van der Waals surface area contributed by atoms with E-state index in [0.29, 0.717) is 6.20 Å². The van der Waals surface area contributed by atoms with Crippen molar-refractivity contribution in [1.29, 1.82) is 0 Å². The maximum absolute atomic E-state index is 12.9. The second kappa shape index (κ2) is 5.28. The minimum atomic E-state index is -4.69. The molecule has 1 unspecified atom stereocenters. The summed E-state index contributed by atoms with van der Waals surface area (Å²) in [5, 5.41) is -0.786. The van der Waals surface area contributed by atoms with E-state index in [0.717, 1.165) is 17.2 Å². The van der Waals surface area contributed by atoms with Crippen molar-refractivity contribution in [3.63, 3.8) is 0 Å². The highest BCUT2D eigenvalue weighted by atomic mass is 32.2. The van der Waals surface area contributed by atoms with Crippen molar-refractivity contribution >= 4 is 15.7 Å². The van der Waals surface area contributed by atoms with Gasteiger partial charge in [-0.3, -0.25) is 9.78 Å². The molecule has 1 saturated heterocycles. The Balaban J connectivity index is 2.30. The van der Waals surface area contributed by atoms with E-state index in [2.05, 4.69) is 4.98 Å². The van der Waals surface area contributed by atoms with Crippen molar-refractivity contribution < 1.29 is 26.4 Å². The van der Waals surface area contributed by atoms with Gasteiger partial charge in [-0.05, 0) is 13.0 Å². The quantitative estimate of drug-likeness (QED) is 0.783. The smallest absolute Gasteiger partial charge is 0.336 e. The maximum Gasteiger partial charge on any atom is 0.418 e. The van der Waals surface area contributed by atoms with Crippen LogP contribution in [0.4, 0.5) is 13.2 Å². The molecule has 1 aromatic heterocycles. The fourth-order valence-electron chi connectivity index (χ4n) is 2.12. The number of halogens is 3. The topological polar surface area (TPSA) is 67.3 Å². The van der Waals surface area contributed by atoms with Gasteiger partial charge in [-0.2, -0.15) is 13.2 Å². The monoisotopic (exact) mass is 322 g/mol. The molecule has 1 amide bonds. The van der Waals surface area contributed by atoms with E-state index < -0.39 is 38.3 Å². The lowest BCUT2D eigenvalue weighted by molar-refractivity contribution is -0.138. The molecule has 2 rings (SSSR count). The normalized spacial score (nSPS) is 22.1. The van der Waals surface area contributed by atoms with Crippen LogP contribution in [0.5, 0.6) is 0 Å². The minimum absolute atomic E-state index is 0.106. The fourth-order valence-corrected chi connectivity index (χ4v) is 3.40. The van der Waals surface area contributed by atoms with Crippen molar-refractivity contribution in [2.75, 3.05) is 18.8 Å². The molecule has 9 heteroatoms. The van der Waals surface area contributed by atoms with E-state index in [-0.39, 0.29) is 18.8 Å². The molecule has 1 aliphatic rings. The summed E-state index contributed by atoms with van der Waals surface area (Å²) in [5.41, 5.74) is -1.62. The molecule has 2 heterocycles. The lowest BCUT2D eigenvalue weighted by Gasteiger charge is -2.31. The number of alkyl halides is 3. The molecule has 0 bridgehead atoms. The number of hydrogen-bond donors (Lipinski definition) is 0. The average Bonchev–Trinajstić information content (AvgIpc) is 2.40. The van der Waals surface area contributed by atoms with Gasteiger partial charge < -0.3 is 4.90 Å². The summed E-state index contributed by atoms with van der Waals surface area (Å²) in [6.07, 6.45) is -2.99. The average molecular weight is 322 g/mol. The summed E-state index contributed by atoms with van der Waals surface area (Å²) in [7, 11) is -3.28. The van der Waals surface area contributed by atoms with Gasteiger partial charge in [0.2, 0.25) is 0 Å². The first-order valence-electron chi connectivity index (χ1n) is 6.15. The second-order valence-electron chi connectivity index (χ2n) is 4.85. The zero-order valence-corrected chi connectivity index (χ0v) is 11.9. The number of carbonyl (C=O) groups is 1. The van der Waals surface area contributed by atoms with Gasteiger partial charge in [-0.1, -0.05) is 0 Å². The highest BCUT2D eigenvalue weighted by Gasteiger charge is 2.38. The number of carbonyl (C=O) groups excluding carboxylic acids is 1. The van der Waals surface area contributed by atoms with Crippen LogP contribution in [0.25, 0.3) is 0 Å². The number of amides is 1. The van der Waals surface area contributed by atoms with Crippen LogP contribution in [-0.4, -0.2) is 48.3 Å². The van der Waals surface area contributed by atoms with Gasteiger partial charge in [0.05, 0.1) is 22.1 Å². The van der Waals surface area contributed by atoms with Gasteiger partial charge >= 0.3 is 6.18 Å². The van der Waals surface area contributed by atoms with E-state index in [9.17, 15) is 26.4 Å². The predicted octanol–water partition coefficient (Wildman–Crippen LogP) is 1.36. The molecular weight excluding hydrogens is 309 g/mol. The third-order valence-corrected chi connectivity index (χ3v) is 5.51. The molecule has 1 aliphatic heterocycles. The molecule has 0 spiro atoms. The summed E-state index contributed by atoms with van der Waals surface area (Å²) in [4.78, 5) is 16.8. The first kappa shape index (κ1) is 15.7. The van der Waals surface area contributed by atoms with Crippen LogP contribution < -0.4 is 0 Å². The van der Waals surface area contributed by atoms with E-state index in [1.807, 2.05) is 0 Å². The van der Waals surface area contributed by atoms with E-state index >= 15 is 0 Å². The molecule has 1 atom stereocenters. The van der Waals surface area contributed by atoms with Crippen molar-refractivity contribution in [2.45, 2.75) is 18.3 Å². The van der Waals surface area contributed by atoms with Gasteiger partial charge in [-0.15, -0.1) is 0 Å². The summed E-state index contributed by atoms with van der Waals surface area (Å²) in [6.45, 7) is 1.22. The highest BCUT2D eigenvalue weighted by molar-refractivity contribution is 7.92. The van der Waals surface area contributed by atoms with Gasteiger partial charge in [0, 0.05) is 25.5 Å². The number of hydrogen-bond acceptors (Lipinski definition) is 4. The third-order valence-electron chi connectivity index (χ3n) is 3.38. The Labute approximate surface area is 119 Å². The number of aromatic nitrogens is 1. The minimum Gasteiger partial charge on any atom is -0.336 e. The largest absolute Gasteiger partial charge is 0.418 e. The van der Waals surface area contributed by atoms with Crippen LogP contribution in [0.2, 0.25) is 0 Å². The molecule has 116 valence electrons. The van der Waals surface area contributed by atoms with Crippen molar-refractivity contribution in [3.8, 4) is 0 Å². The molecule has 5 nitrogen and oxygen atoms in total. The van der Waals surface area contributed by atoms with Gasteiger partial charge in [-0.25, -0.2) is 8.42 Å². The van der Waals surface area contributed by atoms with Gasteiger partial charge in [0.25, 0.3) is 5.91 Å². The maximum atomic E-state index is 12.9. The Kier molecular flexibility index (Phi) is 3.96. The Morgan fingerprint density at radius 2 is 2.10 bits per heavy atom. The second-order valence-corrected chi connectivity index (χ2v) is 7.39.